The van der Waals surface area contributed by atoms with Crippen molar-refractivity contribution >= 4 is 23.3 Å². The Morgan fingerprint density at radius 3 is 2.54 bits per heavy atom. The Bertz CT molecular complexity index is 591. The normalized spacial score (nSPS) is 20.3. The maximum absolute atomic E-state index is 12.2. The molecule has 4 N–H and O–H groups in total. The molecule has 3 amide bonds. The predicted molar refractivity (Wildman–Crippen MR) is 92.1 cm³/mol. The van der Waals surface area contributed by atoms with Crippen molar-refractivity contribution in [1.82, 2.24) is 5.32 Å². The number of benzene rings is 1. The van der Waals surface area contributed by atoms with Gasteiger partial charge < -0.3 is 25.8 Å². The molecule has 1 aromatic rings. The van der Waals surface area contributed by atoms with Crippen LogP contribution in [0.1, 0.15) is 31.2 Å². The molecule has 1 saturated carbocycles. The first kappa shape index (κ1) is 18.2. The summed E-state index contributed by atoms with van der Waals surface area (Å²) in [6.07, 6.45) is 2.99. The molecule has 0 heterocycles. The predicted octanol–water partition coefficient (Wildman–Crippen LogP) is 2.00. The number of nitrogens with one attached hydrogen (secondary N) is 3. The van der Waals surface area contributed by atoms with E-state index in [-0.39, 0.29) is 24.6 Å². The monoisotopic (exact) mass is 335 g/mol. The van der Waals surface area contributed by atoms with E-state index in [0.29, 0.717) is 17.8 Å². The SMILES string of the molecule is COCC(=O)Nc1cccc(NC(=O)N[C@H]2CCCC[C@@H]2O)c1C. The minimum absolute atomic E-state index is 0.0306. The smallest absolute Gasteiger partial charge is 0.319 e. The summed E-state index contributed by atoms with van der Waals surface area (Å²) in [6, 6.07) is 4.70. The number of amides is 3. The van der Waals surface area contributed by atoms with Gasteiger partial charge in [0.1, 0.15) is 6.61 Å². The summed E-state index contributed by atoms with van der Waals surface area (Å²) in [5, 5.41) is 18.3. The molecule has 2 rings (SSSR count). The average molecular weight is 335 g/mol. The van der Waals surface area contributed by atoms with E-state index in [0.717, 1.165) is 24.8 Å². The van der Waals surface area contributed by atoms with Gasteiger partial charge in [0.25, 0.3) is 0 Å². The van der Waals surface area contributed by atoms with Gasteiger partial charge in [0, 0.05) is 18.5 Å². The van der Waals surface area contributed by atoms with E-state index in [2.05, 4.69) is 16.0 Å². The topological polar surface area (TPSA) is 99.7 Å². The first-order chi connectivity index (χ1) is 11.5. The van der Waals surface area contributed by atoms with Gasteiger partial charge in [-0.15, -0.1) is 0 Å². The molecule has 0 spiro atoms. The van der Waals surface area contributed by atoms with Crippen molar-refractivity contribution in [1.29, 1.82) is 0 Å². The van der Waals surface area contributed by atoms with Crippen molar-refractivity contribution in [2.75, 3.05) is 24.4 Å². The van der Waals surface area contributed by atoms with E-state index < -0.39 is 6.10 Å². The van der Waals surface area contributed by atoms with Crippen LogP contribution in [-0.2, 0) is 9.53 Å². The lowest BCUT2D eigenvalue weighted by Crippen LogP contribution is -2.46. The molecule has 2 atom stereocenters. The molecule has 0 saturated heterocycles. The first-order valence-corrected chi connectivity index (χ1v) is 8.15. The van der Waals surface area contributed by atoms with Gasteiger partial charge in [-0.2, -0.15) is 0 Å². The minimum atomic E-state index is -0.495. The van der Waals surface area contributed by atoms with Gasteiger partial charge in [0.15, 0.2) is 0 Å². The van der Waals surface area contributed by atoms with E-state index in [1.807, 2.05) is 6.92 Å². The summed E-state index contributed by atoms with van der Waals surface area (Å²) >= 11 is 0. The summed E-state index contributed by atoms with van der Waals surface area (Å²) in [5.74, 6) is -0.257. The zero-order valence-electron chi connectivity index (χ0n) is 14.1. The summed E-state index contributed by atoms with van der Waals surface area (Å²) < 4.78 is 4.79. The van der Waals surface area contributed by atoms with Crippen molar-refractivity contribution < 1.29 is 19.4 Å². The Morgan fingerprint density at radius 2 is 1.88 bits per heavy atom. The van der Waals surface area contributed by atoms with Gasteiger partial charge in [-0.3, -0.25) is 4.79 Å². The zero-order chi connectivity index (χ0) is 17.5. The molecular formula is C17H25N3O4. The maximum atomic E-state index is 12.2. The highest BCUT2D eigenvalue weighted by Crippen LogP contribution is 2.24. The Labute approximate surface area is 141 Å². The fourth-order valence-corrected chi connectivity index (χ4v) is 2.83. The van der Waals surface area contributed by atoms with Gasteiger partial charge in [-0.25, -0.2) is 4.79 Å². The average Bonchev–Trinajstić information content (AvgIpc) is 2.54. The quantitative estimate of drug-likeness (QED) is 0.661. The van der Waals surface area contributed by atoms with Crippen LogP contribution in [0.2, 0.25) is 0 Å². The molecule has 0 bridgehead atoms. The highest BCUT2D eigenvalue weighted by atomic mass is 16.5. The highest BCUT2D eigenvalue weighted by Gasteiger charge is 2.24. The molecule has 1 fully saturated rings. The van der Waals surface area contributed by atoms with Crippen molar-refractivity contribution in [2.24, 2.45) is 0 Å². The second kappa shape index (κ2) is 8.65. The maximum Gasteiger partial charge on any atom is 0.319 e. The van der Waals surface area contributed by atoms with Crippen LogP contribution in [0.4, 0.5) is 16.2 Å². The molecule has 0 aromatic heterocycles. The molecule has 7 heteroatoms. The van der Waals surface area contributed by atoms with E-state index in [1.165, 1.54) is 7.11 Å². The molecule has 7 nitrogen and oxygen atoms in total. The summed E-state index contributed by atoms with van der Waals surface area (Å²) in [7, 11) is 1.45. The summed E-state index contributed by atoms with van der Waals surface area (Å²) in [4.78, 5) is 23.8. The van der Waals surface area contributed by atoms with E-state index >= 15 is 0 Å². The number of urea groups is 1. The third-order valence-electron chi connectivity index (χ3n) is 4.18. The summed E-state index contributed by atoms with van der Waals surface area (Å²) in [6.45, 7) is 1.78. The van der Waals surface area contributed by atoms with Gasteiger partial charge in [-0.05, 0) is 37.5 Å². The van der Waals surface area contributed by atoms with Crippen LogP contribution in [0, 0.1) is 6.92 Å². The molecule has 0 radical (unpaired) electrons. The van der Waals surface area contributed by atoms with E-state index in [9.17, 15) is 14.7 Å². The van der Waals surface area contributed by atoms with E-state index in [1.54, 1.807) is 18.2 Å². The van der Waals surface area contributed by atoms with Crippen LogP contribution in [0.5, 0.6) is 0 Å². The van der Waals surface area contributed by atoms with Gasteiger partial charge in [0.2, 0.25) is 5.91 Å². The number of hydrogen-bond acceptors (Lipinski definition) is 4. The van der Waals surface area contributed by atoms with Gasteiger partial charge >= 0.3 is 6.03 Å². The van der Waals surface area contributed by atoms with Crippen molar-refractivity contribution in [3.8, 4) is 0 Å². The Morgan fingerprint density at radius 1 is 1.21 bits per heavy atom. The Balaban J connectivity index is 1.98. The lowest BCUT2D eigenvalue weighted by atomic mass is 9.93. The lowest BCUT2D eigenvalue weighted by molar-refractivity contribution is -0.119. The van der Waals surface area contributed by atoms with Crippen molar-refractivity contribution in [3.05, 3.63) is 23.8 Å². The van der Waals surface area contributed by atoms with Crippen LogP contribution < -0.4 is 16.0 Å². The second-order valence-corrected chi connectivity index (χ2v) is 6.02. The molecule has 1 aliphatic carbocycles. The van der Waals surface area contributed by atoms with Crippen LogP contribution in [0.15, 0.2) is 18.2 Å². The molecular weight excluding hydrogens is 310 g/mol. The molecule has 1 aliphatic rings. The number of aliphatic hydroxyl groups is 1. The highest BCUT2D eigenvalue weighted by molar-refractivity contribution is 5.95. The number of aliphatic hydroxyl groups excluding tert-OH is 1. The van der Waals surface area contributed by atoms with Crippen LogP contribution in [0.3, 0.4) is 0 Å². The molecule has 24 heavy (non-hydrogen) atoms. The number of rotatable bonds is 5. The fourth-order valence-electron chi connectivity index (χ4n) is 2.83. The lowest BCUT2D eigenvalue weighted by Gasteiger charge is -2.28. The Hall–Kier alpha value is -2.12. The van der Waals surface area contributed by atoms with Crippen molar-refractivity contribution in [2.45, 2.75) is 44.8 Å². The van der Waals surface area contributed by atoms with Gasteiger partial charge in [-0.1, -0.05) is 18.9 Å². The molecule has 0 unspecified atom stereocenters. The standard InChI is InChI=1S/C17H25N3O4/c1-11-12(18-16(22)10-24-2)7-5-8-13(11)19-17(23)20-14-6-3-4-9-15(14)21/h5,7-8,14-15,21H,3-4,6,9-10H2,1-2H3,(H,18,22)(H2,19,20,23)/t14-,15-/m0/s1. The van der Waals surface area contributed by atoms with Crippen LogP contribution in [0.25, 0.3) is 0 Å². The number of anilines is 2. The fraction of sp³-hybridized carbons (Fsp3) is 0.529. The summed E-state index contributed by atoms with van der Waals surface area (Å²) in [5.41, 5.74) is 1.97. The van der Waals surface area contributed by atoms with E-state index in [4.69, 9.17) is 4.74 Å². The molecule has 0 aliphatic heterocycles. The number of carbonyl (C=O) groups excluding carboxylic acids is 2. The molecule has 1 aromatic carbocycles. The van der Waals surface area contributed by atoms with Crippen molar-refractivity contribution in [3.63, 3.8) is 0 Å². The number of methoxy groups -OCH3 is 1. The van der Waals surface area contributed by atoms with Crippen LogP contribution in [-0.4, -0.2) is 42.9 Å². The largest absolute Gasteiger partial charge is 0.391 e. The first-order valence-electron chi connectivity index (χ1n) is 8.15. The van der Waals surface area contributed by atoms with Gasteiger partial charge in [0.05, 0.1) is 12.1 Å². The number of carbonyl (C=O) groups is 2. The zero-order valence-corrected chi connectivity index (χ0v) is 14.1. The number of ether oxygens (including phenoxy) is 1. The van der Waals surface area contributed by atoms with Crippen LogP contribution >= 0.6 is 0 Å². The Kier molecular flexibility index (Phi) is 6.57. The third-order valence-corrected chi connectivity index (χ3v) is 4.18. The second-order valence-electron chi connectivity index (χ2n) is 6.02. The minimum Gasteiger partial charge on any atom is -0.391 e. The number of hydrogen-bond donors (Lipinski definition) is 4. The third kappa shape index (κ3) is 4.94. The molecule has 132 valence electrons.